The molecule has 0 aliphatic heterocycles. The number of hydrogen-bond acceptors (Lipinski definition) is 3. The van der Waals surface area contributed by atoms with E-state index in [2.05, 4.69) is 193 Å². The molecule has 0 saturated carbocycles. The van der Waals surface area contributed by atoms with Crippen molar-refractivity contribution in [3.8, 4) is 56.7 Å². The summed E-state index contributed by atoms with van der Waals surface area (Å²) < 4.78 is 4.77. The molecule has 0 radical (unpaired) electrons. The summed E-state index contributed by atoms with van der Waals surface area (Å²) in [5.74, 6) is 1.84. The first kappa shape index (κ1) is 39.2. The van der Waals surface area contributed by atoms with Crippen LogP contribution in [0.5, 0.6) is 0 Å². The van der Waals surface area contributed by atoms with Crippen LogP contribution in [0, 0.1) is 0 Å². The zero-order valence-electron chi connectivity index (χ0n) is 36.4. The molecule has 5 heteroatoms. The third-order valence-electron chi connectivity index (χ3n) is 12.7. The number of aromatic nitrogens is 5. The maximum Gasteiger partial charge on any atom is 0.238 e. The van der Waals surface area contributed by atoms with Crippen molar-refractivity contribution >= 4 is 43.6 Å². The highest BCUT2D eigenvalue weighted by Gasteiger charge is 2.24. The normalized spacial score (nSPS) is 11.7. The van der Waals surface area contributed by atoms with Crippen LogP contribution in [0.3, 0.4) is 0 Å². The summed E-state index contributed by atoms with van der Waals surface area (Å²) in [5, 5.41) is 4.84. The first-order valence-electron chi connectivity index (χ1n) is 22.8. The number of hydrogen-bond donors (Lipinski definition) is 0. The first-order chi connectivity index (χ1) is 31.6. The molecule has 0 amide bonds. The van der Waals surface area contributed by atoms with E-state index in [-0.39, 0.29) is 0 Å². The second-order valence-electron chi connectivity index (χ2n) is 16.9. The fourth-order valence-corrected chi connectivity index (χ4v) is 9.45. The number of aryl methyl sites for hydroxylation is 2. The topological polar surface area (TPSA) is 48.5 Å². The van der Waals surface area contributed by atoms with Crippen molar-refractivity contribution in [2.45, 2.75) is 52.4 Å². The summed E-state index contributed by atoms with van der Waals surface area (Å²) in [6.45, 7) is 4.52. The molecule has 0 aliphatic rings. The van der Waals surface area contributed by atoms with Gasteiger partial charge in [-0.3, -0.25) is 4.57 Å². The highest BCUT2D eigenvalue weighted by molar-refractivity contribution is 6.23. The summed E-state index contributed by atoms with van der Waals surface area (Å²) in [4.78, 5) is 16.0. The van der Waals surface area contributed by atoms with Crippen LogP contribution in [0.1, 0.15) is 50.7 Å². The first-order valence-corrected chi connectivity index (χ1v) is 22.8. The number of rotatable bonds is 12. The number of unbranched alkanes of at least 4 members (excludes halogenated alkanes) is 2. The smallest absolute Gasteiger partial charge is 0.238 e. The SMILES string of the molecule is CCCCc1ccc2c(c1)c1ccc3c4cc(CCCC)ccc4n(-c4nc(-c5ccccc5)nc(-c5ccc(-c6cccc(-c7ccccc7)c6)cc5)n4)c3c1n2-c1ccccc1. The molecule has 3 heterocycles. The van der Waals surface area contributed by atoms with Gasteiger partial charge in [0, 0.05) is 38.4 Å². The Labute approximate surface area is 374 Å². The fraction of sp³-hybridized carbons (Fsp3) is 0.136. The van der Waals surface area contributed by atoms with Crippen LogP contribution in [0.4, 0.5) is 0 Å². The van der Waals surface area contributed by atoms with Crippen LogP contribution in [0.25, 0.3) is 100 Å². The van der Waals surface area contributed by atoms with Gasteiger partial charge in [0.25, 0.3) is 0 Å². The molecule has 0 unspecified atom stereocenters. The molecule has 8 aromatic carbocycles. The van der Waals surface area contributed by atoms with E-state index in [4.69, 9.17) is 15.0 Å². The van der Waals surface area contributed by atoms with E-state index in [0.717, 1.165) is 83.0 Å². The molecule has 310 valence electrons. The van der Waals surface area contributed by atoms with Crippen LogP contribution in [-0.4, -0.2) is 24.1 Å². The molecule has 0 N–H and O–H groups in total. The quantitative estimate of drug-likeness (QED) is 0.123. The number of nitrogens with zero attached hydrogens (tertiary/aromatic N) is 5. The Morgan fingerprint density at radius 1 is 0.359 bits per heavy atom. The van der Waals surface area contributed by atoms with Gasteiger partial charge in [0.05, 0.1) is 22.1 Å². The molecular weight excluding hydrogens is 779 g/mol. The van der Waals surface area contributed by atoms with E-state index < -0.39 is 0 Å². The molecular formula is C59H49N5. The van der Waals surface area contributed by atoms with Gasteiger partial charge in [0.1, 0.15) is 0 Å². The maximum absolute atomic E-state index is 5.44. The molecule has 0 aliphatic carbocycles. The van der Waals surface area contributed by atoms with Crippen LogP contribution in [0.15, 0.2) is 188 Å². The molecule has 5 nitrogen and oxygen atoms in total. The minimum absolute atomic E-state index is 0.589. The minimum Gasteiger partial charge on any atom is -0.307 e. The zero-order valence-corrected chi connectivity index (χ0v) is 36.4. The summed E-state index contributed by atoms with van der Waals surface area (Å²) in [5.41, 5.74) is 14.9. The average Bonchev–Trinajstić information content (AvgIpc) is 3.88. The van der Waals surface area contributed by atoms with Gasteiger partial charge >= 0.3 is 0 Å². The van der Waals surface area contributed by atoms with Crippen LogP contribution >= 0.6 is 0 Å². The van der Waals surface area contributed by atoms with E-state index in [0.29, 0.717) is 17.6 Å². The van der Waals surface area contributed by atoms with Crippen LogP contribution in [0.2, 0.25) is 0 Å². The Morgan fingerprint density at radius 3 is 1.38 bits per heavy atom. The largest absolute Gasteiger partial charge is 0.307 e. The molecule has 64 heavy (non-hydrogen) atoms. The van der Waals surface area contributed by atoms with Crippen molar-refractivity contribution in [3.63, 3.8) is 0 Å². The lowest BCUT2D eigenvalue weighted by atomic mass is 9.98. The van der Waals surface area contributed by atoms with Gasteiger partial charge in [0.15, 0.2) is 11.6 Å². The summed E-state index contributed by atoms with van der Waals surface area (Å²) in [6, 6.07) is 67.7. The molecule has 3 aromatic heterocycles. The van der Waals surface area contributed by atoms with E-state index in [1.54, 1.807) is 0 Å². The lowest BCUT2D eigenvalue weighted by Gasteiger charge is -2.13. The second kappa shape index (κ2) is 16.9. The Bertz CT molecular complexity index is 3440. The van der Waals surface area contributed by atoms with Gasteiger partial charge in [-0.1, -0.05) is 172 Å². The van der Waals surface area contributed by atoms with Crippen molar-refractivity contribution in [2.75, 3.05) is 0 Å². The molecule has 0 saturated heterocycles. The van der Waals surface area contributed by atoms with E-state index in [1.165, 1.54) is 49.3 Å². The minimum atomic E-state index is 0.589. The highest BCUT2D eigenvalue weighted by atomic mass is 15.2. The van der Waals surface area contributed by atoms with E-state index >= 15 is 0 Å². The Morgan fingerprint density at radius 2 is 0.812 bits per heavy atom. The van der Waals surface area contributed by atoms with Crippen LogP contribution < -0.4 is 0 Å². The van der Waals surface area contributed by atoms with E-state index in [1.807, 2.05) is 18.2 Å². The predicted octanol–water partition coefficient (Wildman–Crippen LogP) is 15.4. The third-order valence-corrected chi connectivity index (χ3v) is 12.7. The maximum atomic E-state index is 5.44. The van der Waals surface area contributed by atoms with Gasteiger partial charge in [-0.2, -0.15) is 9.97 Å². The molecule has 0 spiro atoms. The van der Waals surface area contributed by atoms with Crippen molar-refractivity contribution in [3.05, 3.63) is 199 Å². The van der Waals surface area contributed by atoms with Gasteiger partial charge in [-0.15, -0.1) is 0 Å². The number of fused-ring (bicyclic) bond motifs is 7. The van der Waals surface area contributed by atoms with E-state index in [9.17, 15) is 0 Å². The standard InChI is InChI=1S/C59H49N5/c1-3-5-17-40-27-35-53-51(37-40)49-33-34-50-52-38-41(18-6-4-2)28-36-54(52)64(56(50)55(49)63(53)48-25-14-9-15-26-48)59-61-57(44-21-12-8-13-22-44)60-58(62-59)45-31-29-43(30-32-45)47-24-16-23-46(39-47)42-19-10-7-11-20-42/h7-16,19-39H,3-6,17-18H2,1-2H3. The summed E-state index contributed by atoms with van der Waals surface area (Å²) in [7, 11) is 0. The summed E-state index contributed by atoms with van der Waals surface area (Å²) in [6.07, 6.45) is 6.71. The second-order valence-corrected chi connectivity index (χ2v) is 16.9. The Balaban J connectivity index is 1.17. The highest BCUT2D eigenvalue weighted by Crippen LogP contribution is 2.42. The van der Waals surface area contributed by atoms with Crippen LogP contribution in [-0.2, 0) is 12.8 Å². The third kappa shape index (κ3) is 7.13. The molecule has 0 fully saturated rings. The fourth-order valence-electron chi connectivity index (χ4n) is 9.45. The lowest BCUT2D eigenvalue weighted by Crippen LogP contribution is -2.07. The average molecular weight is 828 g/mol. The predicted molar refractivity (Wildman–Crippen MR) is 267 cm³/mol. The molecule has 0 atom stereocenters. The Kier molecular flexibility index (Phi) is 10.4. The van der Waals surface area contributed by atoms with Gasteiger partial charge < -0.3 is 4.57 Å². The van der Waals surface area contributed by atoms with Gasteiger partial charge in [-0.25, -0.2) is 4.98 Å². The molecule has 0 bridgehead atoms. The summed E-state index contributed by atoms with van der Waals surface area (Å²) >= 11 is 0. The van der Waals surface area contributed by atoms with Crippen molar-refractivity contribution in [1.29, 1.82) is 0 Å². The Hall–Kier alpha value is -7.63. The van der Waals surface area contributed by atoms with Gasteiger partial charge in [0.2, 0.25) is 5.95 Å². The van der Waals surface area contributed by atoms with Crippen molar-refractivity contribution in [1.82, 2.24) is 24.1 Å². The monoisotopic (exact) mass is 827 g/mol. The number of benzene rings is 8. The van der Waals surface area contributed by atoms with Crippen molar-refractivity contribution < 1.29 is 0 Å². The number of para-hydroxylation sites is 1. The van der Waals surface area contributed by atoms with Gasteiger partial charge in [-0.05, 0) is 102 Å². The zero-order chi connectivity index (χ0) is 43.0. The van der Waals surface area contributed by atoms with Crippen molar-refractivity contribution in [2.24, 2.45) is 0 Å². The molecule has 11 rings (SSSR count). The molecule has 11 aromatic rings. The lowest BCUT2D eigenvalue weighted by molar-refractivity contribution is 0.796.